The van der Waals surface area contributed by atoms with Crippen molar-refractivity contribution in [1.29, 1.82) is 0 Å². The molecule has 0 fully saturated rings. The summed E-state index contributed by atoms with van der Waals surface area (Å²) in [6.07, 6.45) is 0. The first kappa shape index (κ1) is 13.2. The first-order chi connectivity index (χ1) is 10.2. The van der Waals surface area contributed by atoms with Crippen molar-refractivity contribution in [3.63, 3.8) is 0 Å². The highest BCUT2D eigenvalue weighted by atomic mass is 16.5. The number of nitrogens with two attached hydrogens (primary N) is 1. The summed E-state index contributed by atoms with van der Waals surface area (Å²) in [7, 11) is 1.56. The predicted molar refractivity (Wildman–Crippen MR) is 82.5 cm³/mol. The van der Waals surface area contributed by atoms with Gasteiger partial charge in [0.1, 0.15) is 0 Å². The third-order valence-corrected chi connectivity index (χ3v) is 3.22. The second-order valence-corrected chi connectivity index (χ2v) is 4.79. The van der Waals surface area contributed by atoms with E-state index in [0.717, 1.165) is 17.1 Å². The molecule has 0 bridgehead atoms. The second kappa shape index (κ2) is 5.28. The summed E-state index contributed by atoms with van der Waals surface area (Å²) in [6.45, 7) is 2.05. The Labute approximate surface area is 123 Å². The van der Waals surface area contributed by atoms with Gasteiger partial charge in [0.25, 0.3) is 0 Å². The van der Waals surface area contributed by atoms with Gasteiger partial charge >= 0.3 is 6.01 Å². The summed E-state index contributed by atoms with van der Waals surface area (Å²) in [6, 6.07) is 15.9. The largest absolute Gasteiger partial charge is 0.466 e. The second-order valence-electron chi connectivity index (χ2n) is 4.79. The summed E-state index contributed by atoms with van der Waals surface area (Å²) in [5.74, 6) is 0.733. The molecule has 5 nitrogen and oxygen atoms in total. The third kappa shape index (κ3) is 2.58. The molecule has 3 rings (SSSR count). The van der Waals surface area contributed by atoms with E-state index in [0.29, 0.717) is 11.7 Å². The molecule has 2 N–H and O–H groups in total. The van der Waals surface area contributed by atoms with Crippen molar-refractivity contribution in [2.75, 3.05) is 12.8 Å². The number of methoxy groups -OCH3 is 1. The standard InChI is InChI=1S/C16H16N4O/c1-11-3-5-12(6-4-11)15-18-16(21-2)19-20(15)14-9-7-13(17)8-10-14/h3-10H,17H2,1-2H3. The normalized spacial score (nSPS) is 10.6. The molecule has 0 atom stereocenters. The first-order valence-electron chi connectivity index (χ1n) is 6.61. The van der Waals surface area contributed by atoms with Crippen molar-refractivity contribution in [1.82, 2.24) is 14.8 Å². The molecule has 1 heterocycles. The van der Waals surface area contributed by atoms with E-state index >= 15 is 0 Å². The van der Waals surface area contributed by atoms with Crippen LogP contribution in [0.4, 0.5) is 5.69 Å². The van der Waals surface area contributed by atoms with Crippen LogP contribution >= 0.6 is 0 Å². The molecule has 3 aromatic rings. The Balaban J connectivity index is 2.13. The molecule has 0 amide bonds. The highest BCUT2D eigenvalue weighted by Crippen LogP contribution is 2.24. The van der Waals surface area contributed by atoms with Crippen molar-refractivity contribution in [2.45, 2.75) is 6.92 Å². The quantitative estimate of drug-likeness (QED) is 0.749. The lowest BCUT2D eigenvalue weighted by Crippen LogP contribution is -2.00. The van der Waals surface area contributed by atoms with Crippen LogP contribution in [-0.2, 0) is 0 Å². The Kier molecular flexibility index (Phi) is 3.31. The molecular formula is C16H16N4O. The van der Waals surface area contributed by atoms with Gasteiger partial charge in [-0.05, 0) is 31.2 Å². The van der Waals surface area contributed by atoms with Crippen LogP contribution in [0, 0.1) is 6.92 Å². The highest BCUT2D eigenvalue weighted by molar-refractivity contribution is 5.59. The lowest BCUT2D eigenvalue weighted by Gasteiger charge is -2.06. The average Bonchev–Trinajstić information content (AvgIpc) is 2.93. The van der Waals surface area contributed by atoms with Gasteiger partial charge < -0.3 is 10.5 Å². The number of aromatic nitrogens is 3. The first-order valence-corrected chi connectivity index (χ1v) is 6.61. The summed E-state index contributed by atoms with van der Waals surface area (Å²) in [5.41, 5.74) is 9.51. The SMILES string of the molecule is COc1nc(-c2ccc(C)cc2)n(-c2ccc(N)cc2)n1. The fraction of sp³-hybridized carbons (Fsp3) is 0.125. The van der Waals surface area contributed by atoms with Gasteiger partial charge in [0, 0.05) is 11.3 Å². The minimum Gasteiger partial charge on any atom is -0.466 e. The van der Waals surface area contributed by atoms with Gasteiger partial charge in [-0.15, -0.1) is 5.10 Å². The van der Waals surface area contributed by atoms with Crippen molar-refractivity contribution < 1.29 is 4.74 Å². The van der Waals surface area contributed by atoms with Crippen LogP contribution < -0.4 is 10.5 Å². The van der Waals surface area contributed by atoms with E-state index in [1.54, 1.807) is 11.8 Å². The summed E-state index contributed by atoms with van der Waals surface area (Å²) >= 11 is 0. The molecular weight excluding hydrogens is 264 g/mol. The predicted octanol–water partition coefficient (Wildman–Crippen LogP) is 2.83. The number of nitrogen functional groups attached to an aromatic ring is 1. The molecule has 0 unspecified atom stereocenters. The Hall–Kier alpha value is -2.82. The van der Waals surface area contributed by atoms with E-state index < -0.39 is 0 Å². The van der Waals surface area contributed by atoms with Crippen molar-refractivity contribution >= 4 is 5.69 Å². The summed E-state index contributed by atoms with van der Waals surface area (Å²) in [4.78, 5) is 4.43. The zero-order valence-corrected chi connectivity index (χ0v) is 11.9. The van der Waals surface area contributed by atoms with E-state index in [2.05, 4.69) is 17.0 Å². The number of ether oxygens (including phenoxy) is 1. The topological polar surface area (TPSA) is 66.0 Å². The fourth-order valence-electron chi connectivity index (χ4n) is 2.06. The number of aryl methyl sites for hydroxylation is 1. The molecule has 5 heteroatoms. The van der Waals surface area contributed by atoms with E-state index in [9.17, 15) is 0 Å². The van der Waals surface area contributed by atoms with E-state index in [1.807, 2.05) is 48.5 Å². The molecule has 0 aliphatic carbocycles. The van der Waals surface area contributed by atoms with Gasteiger partial charge in [-0.2, -0.15) is 4.98 Å². The van der Waals surface area contributed by atoms with Crippen LogP contribution in [0.2, 0.25) is 0 Å². The number of anilines is 1. The zero-order chi connectivity index (χ0) is 14.8. The average molecular weight is 280 g/mol. The number of hydrogen-bond acceptors (Lipinski definition) is 4. The lowest BCUT2D eigenvalue weighted by molar-refractivity contribution is 0.380. The number of rotatable bonds is 3. The Morgan fingerprint density at radius 2 is 1.67 bits per heavy atom. The monoisotopic (exact) mass is 280 g/mol. The maximum absolute atomic E-state index is 5.73. The smallest absolute Gasteiger partial charge is 0.336 e. The van der Waals surface area contributed by atoms with Gasteiger partial charge in [-0.3, -0.25) is 0 Å². The number of benzene rings is 2. The molecule has 0 saturated carbocycles. The number of nitrogens with zero attached hydrogens (tertiary/aromatic N) is 3. The zero-order valence-electron chi connectivity index (χ0n) is 11.9. The number of hydrogen-bond donors (Lipinski definition) is 1. The molecule has 0 saturated heterocycles. The fourth-order valence-corrected chi connectivity index (χ4v) is 2.06. The van der Waals surface area contributed by atoms with Gasteiger partial charge in [0.05, 0.1) is 12.8 Å². The van der Waals surface area contributed by atoms with Crippen molar-refractivity contribution in [2.24, 2.45) is 0 Å². The van der Waals surface area contributed by atoms with Crippen LogP contribution in [0.15, 0.2) is 48.5 Å². The maximum atomic E-state index is 5.73. The Morgan fingerprint density at radius 3 is 2.29 bits per heavy atom. The van der Waals surface area contributed by atoms with E-state index in [1.165, 1.54) is 5.56 Å². The molecule has 0 radical (unpaired) electrons. The summed E-state index contributed by atoms with van der Waals surface area (Å²) in [5, 5.41) is 4.37. The van der Waals surface area contributed by atoms with Gasteiger partial charge in [0.2, 0.25) is 0 Å². The molecule has 106 valence electrons. The van der Waals surface area contributed by atoms with Gasteiger partial charge in [-0.1, -0.05) is 29.8 Å². The van der Waals surface area contributed by atoms with Crippen LogP contribution in [-0.4, -0.2) is 21.9 Å². The van der Waals surface area contributed by atoms with Crippen molar-refractivity contribution in [3.05, 3.63) is 54.1 Å². The minimum atomic E-state index is 0.336. The molecule has 1 aromatic heterocycles. The lowest BCUT2D eigenvalue weighted by atomic mass is 10.1. The third-order valence-electron chi connectivity index (χ3n) is 3.22. The molecule has 0 aliphatic rings. The Bertz CT molecular complexity index is 682. The van der Waals surface area contributed by atoms with Crippen molar-refractivity contribution in [3.8, 4) is 23.1 Å². The van der Waals surface area contributed by atoms with E-state index in [4.69, 9.17) is 10.5 Å². The Morgan fingerprint density at radius 1 is 1.00 bits per heavy atom. The molecule has 2 aromatic carbocycles. The van der Waals surface area contributed by atoms with E-state index in [-0.39, 0.29) is 0 Å². The van der Waals surface area contributed by atoms with Crippen LogP contribution in [0.3, 0.4) is 0 Å². The van der Waals surface area contributed by atoms with Gasteiger partial charge in [0.15, 0.2) is 5.82 Å². The minimum absolute atomic E-state index is 0.336. The van der Waals surface area contributed by atoms with Crippen LogP contribution in [0.5, 0.6) is 6.01 Å². The summed E-state index contributed by atoms with van der Waals surface area (Å²) < 4.78 is 6.91. The van der Waals surface area contributed by atoms with Gasteiger partial charge in [-0.25, -0.2) is 4.68 Å². The highest BCUT2D eigenvalue weighted by Gasteiger charge is 2.13. The molecule has 0 spiro atoms. The van der Waals surface area contributed by atoms with Crippen LogP contribution in [0.1, 0.15) is 5.56 Å². The van der Waals surface area contributed by atoms with Crippen LogP contribution in [0.25, 0.3) is 17.1 Å². The molecule has 0 aliphatic heterocycles. The maximum Gasteiger partial charge on any atom is 0.336 e. The molecule has 21 heavy (non-hydrogen) atoms.